The molecule has 1 unspecified atom stereocenters. The molecule has 6 nitrogen and oxygen atoms in total. The molecule has 2 saturated carbocycles. The molecular formula is C22H30N4O2. The number of carbonyl (C=O) groups is 2. The minimum atomic E-state index is 0.157. The zero-order chi connectivity index (χ0) is 19.3. The van der Waals surface area contributed by atoms with Crippen molar-refractivity contribution < 1.29 is 9.59 Å². The van der Waals surface area contributed by atoms with Crippen molar-refractivity contribution in [3.05, 3.63) is 23.3 Å². The number of nitrogens with zero attached hydrogens (tertiary/aromatic N) is 4. The molecule has 1 aromatic heterocycles. The van der Waals surface area contributed by atoms with E-state index in [4.69, 9.17) is 4.98 Å². The molecule has 4 aliphatic rings. The van der Waals surface area contributed by atoms with Gasteiger partial charge in [0, 0.05) is 63.1 Å². The van der Waals surface area contributed by atoms with Crippen LogP contribution >= 0.6 is 0 Å². The van der Waals surface area contributed by atoms with Gasteiger partial charge in [-0.2, -0.15) is 0 Å². The van der Waals surface area contributed by atoms with E-state index >= 15 is 0 Å². The molecule has 0 N–H and O–H groups in total. The fourth-order valence-electron chi connectivity index (χ4n) is 5.74. The van der Waals surface area contributed by atoms with Crippen molar-refractivity contribution in [3.8, 4) is 0 Å². The second-order valence-corrected chi connectivity index (χ2v) is 9.13. The predicted octanol–water partition coefficient (Wildman–Crippen LogP) is 2.52. The normalized spacial score (nSPS) is 29.8. The Morgan fingerprint density at radius 1 is 1.00 bits per heavy atom. The van der Waals surface area contributed by atoms with Crippen LogP contribution in [0, 0.1) is 17.8 Å². The maximum atomic E-state index is 13.0. The van der Waals surface area contributed by atoms with Crippen molar-refractivity contribution in [1.82, 2.24) is 19.8 Å². The van der Waals surface area contributed by atoms with Crippen LogP contribution in [0.5, 0.6) is 0 Å². The molecule has 3 heterocycles. The number of likely N-dealkylation sites (tertiary alicyclic amines) is 1. The van der Waals surface area contributed by atoms with Crippen LogP contribution in [0.4, 0.5) is 0 Å². The number of piperidine rings is 1. The van der Waals surface area contributed by atoms with Gasteiger partial charge in [-0.1, -0.05) is 12.8 Å². The minimum Gasteiger partial charge on any atom is -0.343 e. The van der Waals surface area contributed by atoms with Gasteiger partial charge in [0.25, 0.3) is 0 Å². The summed E-state index contributed by atoms with van der Waals surface area (Å²) >= 11 is 0. The van der Waals surface area contributed by atoms with Gasteiger partial charge < -0.3 is 9.80 Å². The van der Waals surface area contributed by atoms with Crippen molar-refractivity contribution in [2.24, 2.45) is 17.8 Å². The van der Waals surface area contributed by atoms with Crippen LogP contribution < -0.4 is 0 Å². The molecule has 6 heteroatoms. The number of carbonyl (C=O) groups excluding carboxylic acids is 2. The Morgan fingerprint density at radius 3 is 2.39 bits per heavy atom. The molecule has 3 fully saturated rings. The van der Waals surface area contributed by atoms with Gasteiger partial charge in [-0.15, -0.1) is 0 Å². The van der Waals surface area contributed by atoms with Crippen molar-refractivity contribution in [1.29, 1.82) is 0 Å². The zero-order valence-corrected chi connectivity index (χ0v) is 16.8. The molecule has 0 aromatic carbocycles. The summed E-state index contributed by atoms with van der Waals surface area (Å²) in [5.74, 6) is 3.44. The summed E-state index contributed by atoms with van der Waals surface area (Å²) in [6.07, 6.45) is 9.77. The predicted molar refractivity (Wildman–Crippen MR) is 104 cm³/mol. The Hall–Kier alpha value is -1.98. The fourth-order valence-corrected chi connectivity index (χ4v) is 5.74. The maximum absolute atomic E-state index is 13.0. The summed E-state index contributed by atoms with van der Waals surface area (Å²) in [6.45, 7) is 4.70. The van der Waals surface area contributed by atoms with Crippen molar-refractivity contribution >= 4 is 11.8 Å². The molecule has 1 saturated heterocycles. The molecule has 2 aliphatic carbocycles. The molecule has 0 bridgehead atoms. The largest absolute Gasteiger partial charge is 0.343 e. The summed E-state index contributed by atoms with van der Waals surface area (Å²) < 4.78 is 0. The standard InChI is InChI=1S/C22H30N4O2/c1-14(27)25-9-6-15(7-10-25)21-23-12-16-13-26(11-8-19(16)24-21)22(28)20-17-4-2-3-5-18(17)20/h12,15,17-18,20H,2-11,13H2,1H3/t17-,18+,20?. The minimum absolute atomic E-state index is 0.157. The molecule has 1 aromatic rings. The van der Waals surface area contributed by atoms with Gasteiger partial charge in [-0.25, -0.2) is 9.97 Å². The van der Waals surface area contributed by atoms with Crippen LogP contribution in [-0.4, -0.2) is 51.2 Å². The number of amides is 2. The van der Waals surface area contributed by atoms with E-state index in [9.17, 15) is 9.59 Å². The van der Waals surface area contributed by atoms with Crippen LogP contribution in [0.3, 0.4) is 0 Å². The van der Waals surface area contributed by atoms with Crippen LogP contribution in [0.25, 0.3) is 0 Å². The van der Waals surface area contributed by atoms with Gasteiger partial charge in [0.15, 0.2) is 0 Å². The fraction of sp³-hybridized carbons (Fsp3) is 0.727. The summed E-state index contributed by atoms with van der Waals surface area (Å²) in [4.78, 5) is 38.0. The first-order valence-electron chi connectivity index (χ1n) is 11.0. The van der Waals surface area contributed by atoms with Crippen molar-refractivity contribution in [2.45, 2.75) is 64.3 Å². The quantitative estimate of drug-likeness (QED) is 0.788. The van der Waals surface area contributed by atoms with Crippen LogP contribution in [0.2, 0.25) is 0 Å². The van der Waals surface area contributed by atoms with Crippen molar-refractivity contribution in [2.75, 3.05) is 19.6 Å². The summed E-state index contributed by atoms with van der Waals surface area (Å²) in [7, 11) is 0. The smallest absolute Gasteiger partial charge is 0.226 e. The van der Waals surface area contributed by atoms with E-state index in [0.717, 1.165) is 56.0 Å². The average Bonchev–Trinajstić information content (AvgIpc) is 3.47. The molecule has 150 valence electrons. The number of rotatable bonds is 2. The topological polar surface area (TPSA) is 66.4 Å². The second kappa shape index (κ2) is 7.12. The highest BCUT2D eigenvalue weighted by Gasteiger charge is 2.55. The van der Waals surface area contributed by atoms with Gasteiger partial charge in [-0.3, -0.25) is 9.59 Å². The Labute approximate surface area is 166 Å². The third-order valence-electron chi connectivity index (χ3n) is 7.51. The maximum Gasteiger partial charge on any atom is 0.226 e. The highest BCUT2D eigenvalue weighted by Crippen LogP contribution is 2.56. The molecule has 2 aliphatic heterocycles. The summed E-state index contributed by atoms with van der Waals surface area (Å²) in [5.41, 5.74) is 2.24. The Balaban J connectivity index is 1.23. The third-order valence-corrected chi connectivity index (χ3v) is 7.51. The van der Waals surface area contributed by atoms with E-state index in [2.05, 4.69) is 9.88 Å². The van der Waals surface area contributed by atoms with Crippen LogP contribution in [-0.2, 0) is 22.6 Å². The molecule has 28 heavy (non-hydrogen) atoms. The highest BCUT2D eigenvalue weighted by molar-refractivity contribution is 5.82. The number of hydrogen-bond acceptors (Lipinski definition) is 4. The van der Waals surface area contributed by atoms with Crippen LogP contribution in [0.15, 0.2) is 6.20 Å². The zero-order valence-electron chi connectivity index (χ0n) is 16.8. The number of hydrogen-bond donors (Lipinski definition) is 0. The number of fused-ring (bicyclic) bond motifs is 2. The molecule has 5 rings (SSSR count). The summed E-state index contributed by atoms with van der Waals surface area (Å²) in [6, 6.07) is 0. The van der Waals surface area contributed by atoms with Gasteiger partial charge in [0.1, 0.15) is 5.82 Å². The van der Waals surface area contributed by atoms with Crippen molar-refractivity contribution in [3.63, 3.8) is 0 Å². The lowest BCUT2D eigenvalue weighted by Gasteiger charge is -2.32. The van der Waals surface area contributed by atoms with Gasteiger partial charge in [-0.05, 0) is 37.5 Å². The van der Waals surface area contributed by atoms with E-state index in [-0.39, 0.29) is 5.91 Å². The monoisotopic (exact) mass is 382 g/mol. The molecule has 0 spiro atoms. The first-order valence-corrected chi connectivity index (χ1v) is 11.0. The third kappa shape index (κ3) is 3.20. The Bertz CT molecular complexity index is 775. The molecular weight excluding hydrogens is 352 g/mol. The first-order chi connectivity index (χ1) is 13.6. The Kier molecular flexibility index (Phi) is 4.60. The second-order valence-electron chi connectivity index (χ2n) is 9.13. The number of aromatic nitrogens is 2. The van der Waals surface area contributed by atoms with E-state index in [0.29, 0.717) is 36.1 Å². The molecule has 0 radical (unpaired) electrons. The lowest BCUT2D eigenvalue weighted by Crippen LogP contribution is -2.38. The summed E-state index contributed by atoms with van der Waals surface area (Å²) in [5, 5.41) is 0. The molecule has 3 atom stereocenters. The highest BCUT2D eigenvalue weighted by atomic mass is 16.2. The van der Waals surface area contributed by atoms with Crippen LogP contribution in [0.1, 0.15) is 68.4 Å². The first kappa shape index (κ1) is 18.1. The SMILES string of the molecule is CC(=O)N1CCC(c2ncc3c(n2)CCN(C(=O)C2[C@H]4CCCC[C@@H]24)C3)CC1. The lowest BCUT2D eigenvalue weighted by atomic mass is 9.95. The average molecular weight is 383 g/mol. The van der Waals surface area contributed by atoms with Gasteiger partial charge in [0.05, 0.1) is 5.69 Å². The lowest BCUT2D eigenvalue weighted by molar-refractivity contribution is -0.134. The molecule has 2 amide bonds. The van der Waals surface area contributed by atoms with E-state index in [1.54, 1.807) is 6.92 Å². The van der Waals surface area contributed by atoms with E-state index < -0.39 is 0 Å². The van der Waals surface area contributed by atoms with Gasteiger partial charge in [0.2, 0.25) is 11.8 Å². The van der Waals surface area contributed by atoms with E-state index in [1.807, 2.05) is 11.1 Å². The Morgan fingerprint density at radius 2 is 1.71 bits per heavy atom. The van der Waals surface area contributed by atoms with E-state index in [1.165, 1.54) is 25.7 Å². The van der Waals surface area contributed by atoms with Gasteiger partial charge >= 0.3 is 0 Å².